The van der Waals surface area contributed by atoms with Crippen molar-refractivity contribution >= 4 is 17.5 Å². The van der Waals surface area contributed by atoms with Gasteiger partial charge < -0.3 is 20.5 Å². The molecule has 0 bridgehead atoms. The molecule has 6 heteroatoms. The van der Waals surface area contributed by atoms with Gasteiger partial charge in [0.25, 0.3) is 0 Å². The second kappa shape index (κ2) is 5.88. The van der Waals surface area contributed by atoms with Crippen LogP contribution >= 0.6 is 0 Å². The van der Waals surface area contributed by atoms with Gasteiger partial charge in [-0.2, -0.15) is 0 Å². The van der Waals surface area contributed by atoms with Crippen molar-refractivity contribution in [3.8, 4) is 0 Å². The fourth-order valence-corrected chi connectivity index (χ4v) is 1.44. The summed E-state index contributed by atoms with van der Waals surface area (Å²) in [5.74, 6) is 0.0788. The number of ether oxygens (including phenoxy) is 1. The first-order chi connectivity index (χ1) is 8.83. The number of hydrogen-bond acceptors (Lipinski definition) is 6. The Morgan fingerprint density at radius 3 is 2.74 bits per heavy atom. The van der Waals surface area contributed by atoms with E-state index in [0.29, 0.717) is 5.82 Å². The molecule has 0 aromatic carbocycles. The molecule has 1 aromatic rings. The van der Waals surface area contributed by atoms with E-state index in [0.717, 1.165) is 0 Å². The van der Waals surface area contributed by atoms with Crippen molar-refractivity contribution in [2.75, 3.05) is 30.9 Å². The summed E-state index contributed by atoms with van der Waals surface area (Å²) in [5, 5.41) is 9.36. The van der Waals surface area contributed by atoms with Gasteiger partial charge in [-0.25, -0.2) is 9.78 Å². The van der Waals surface area contributed by atoms with Gasteiger partial charge in [0.2, 0.25) is 0 Å². The third-order valence-corrected chi connectivity index (χ3v) is 3.05. The zero-order chi connectivity index (χ0) is 14.6. The number of anilines is 2. The van der Waals surface area contributed by atoms with E-state index in [2.05, 4.69) is 4.98 Å². The van der Waals surface area contributed by atoms with Gasteiger partial charge in [-0.3, -0.25) is 0 Å². The van der Waals surface area contributed by atoms with Gasteiger partial charge >= 0.3 is 5.97 Å². The van der Waals surface area contributed by atoms with Crippen LogP contribution in [-0.4, -0.2) is 41.9 Å². The zero-order valence-corrected chi connectivity index (χ0v) is 11.8. The van der Waals surface area contributed by atoms with Crippen LogP contribution in [0.5, 0.6) is 0 Å². The smallest absolute Gasteiger partial charge is 0.340 e. The Hall–Kier alpha value is -1.82. The Morgan fingerprint density at radius 2 is 2.21 bits per heavy atom. The number of pyridine rings is 1. The van der Waals surface area contributed by atoms with Crippen LogP contribution in [0.1, 0.15) is 31.1 Å². The predicted molar refractivity (Wildman–Crippen MR) is 74.2 cm³/mol. The van der Waals surface area contributed by atoms with Crippen molar-refractivity contribution in [2.24, 2.45) is 0 Å². The summed E-state index contributed by atoms with van der Waals surface area (Å²) in [6.07, 6.45) is 1.42. The van der Waals surface area contributed by atoms with Gasteiger partial charge in [-0.05, 0) is 26.8 Å². The number of nitrogen functional groups attached to an aromatic ring is 1. The summed E-state index contributed by atoms with van der Waals surface area (Å²) >= 11 is 0. The Balaban J connectivity index is 3.12. The summed E-state index contributed by atoms with van der Waals surface area (Å²) in [6.45, 7) is 5.72. The first kappa shape index (κ1) is 15.2. The van der Waals surface area contributed by atoms with E-state index in [-0.39, 0.29) is 24.5 Å². The first-order valence-electron chi connectivity index (χ1n) is 6.10. The molecule has 0 saturated carbocycles. The molecule has 1 rings (SSSR count). The molecule has 0 unspecified atom stereocenters. The minimum absolute atomic E-state index is 0.0374. The number of aliphatic hydroxyl groups is 1. The van der Waals surface area contributed by atoms with Gasteiger partial charge in [0.1, 0.15) is 5.82 Å². The van der Waals surface area contributed by atoms with Crippen molar-refractivity contribution in [1.82, 2.24) is 4.98 Å². The molecule has 0 fully saturated rings. The normalized spacial score (nSPS) is 11.2. The summed E-state index contributed by atoms with van der Waals surface area (Å²) in [5.41, 5.74) is 5.80. The first-order valence-corrected chi connectivity index (χ1v) is 6.10. The van der Waals surface area contributed by atoms with E-state index >= 15 is 0 Å². The van der Waals surface area contributed by atoms with E-state index in [9.17, 15) is 9.90 Å². The summed E-state index contributed by atoms with van der Waals surface area (Å²) in [4.78, 5) is 17.7. The Bertz CT molecular complexity index is 460. The SMILES string of the molecule is CCOC(=O)c1cc(N(C)C(C)(C)CO)ncc1N. The molecule has 0 spiro atoms. The van der Waals surface area contributed by atoms with Gasteiger partial charge in [-0.15, -0.1) is 0 Å². The summed E-state index contributed by atoms with van der Waals surface area (Å²) in [6, 6.07) is 1.57. The minimum Gasteiger partial charge on any atom is -0.462 e. The lowest BCUT2D eigenvalue weighted by molar-refractivity contribution is 0.0527. The molecule has 0 saturated heterocycles. The molecule has 0 aliphatic carbocycles. The number of nitrogens with zero attached hydrogens (tertiary/aromatic N) is 2. The summed E-state index contributed by atoms with van der Waals surface area (Å²) < 4.78 is 4.94. The number of aliphatic hydroxyl groups excluding tert-OH is 1. The van der Waals surface area contributed by atoms with Crippen LogP contribution in [0.4, 0.5) is 11.5 Å². The number of rotatable bonds is 5. The van der Waals surface area contributed by atoms with E-state index in [1.165, 1.54) is 6.20 Å². The number of aromatic nitrogens is 1. The maximum Gasteiger partial charge on any atom is 0.340 e. The number of esters is 1. The molecule has 0 atom stereocenters. The van der Waals surface area contributed by atoms with E-state index in [1.807, 2.05) is 13.8 Å². The molecule has 106 valence electrons. The summed E-state index contributed by atoms with van der Waals surface area (Å²) in [7, 11) is 1.80. The molecule has 19 heavy (non-hydrogen) atoms. The third kappa shape index (κ3) is 3.35. The Kier molecular flexibility index (Phi) is 4.72. The maximum absolute atomic E-state index is 11.8. The van der Waals surface area contributed by atoms with Crippen molar-refractivity contribution in [1.29, 1.82) is 0 Å². The minimum atomic E-state index is -0.491. The molecule has 3 N–H and O–H groups in total. The number of hydrogen-bond donors (Lipinski definition) is 2. The number of likely N-dealkylation sites (N-methyl/N-ethyl adjacent to an activating group) is 1. The monoisotopic (exact) mass is 267 g/mol. The molecule has 0 radical (unpaired) electrons. The molecule has 0 amide bonds. The molecule has 0 aliphatic rings. The predicted octanol–water partition coefficient (Wildman–Crippen LogP) is 1.05. The molecular weight excluding hydrogens is 246 g/mol. The molecule has 0 aliphatic heterocycles. The van der Waals surface area contributed by atoms with Crippen molar-refractivity contribution in [2.45, 2.75) is 26.3 Å². The highest BCUT2D eigenvalue weighted by Gasteiger charge is 2.25. The van der Waals surface area contributed by atoms with Gasteiger partial charge in [-0.1, -0.05) is 0 Å². The average Bonchev–Trinajstić information content (AvgIpc) is 2.38. The standard InChI is InChI=1S/C13H21N3O3/c1-5-19-12(18)9-6-11(15-7-10(9)14)16(4)13(2,3)8-17/h6-7,17H,5,8,14H2,1-4H3. The van der Waals surface area contributed by atoms with Gasteiger partial charge in [0.15, 0.2) is 0 Å². The van der Waals surface area contributed by atoms with Crippen LogP contribution in [-0.2, 0) is 4.74 Å². The fraction of sp³-hybridized carbons (Fsp3) is 0.538. The van der Waals surface area contributed by atoms with E-state index < -0.39 is 11.5 Å². The number of carbonyl (C=O) groups excluding carboxylic acids is 1. The van der Waals surface area contributed by atoms with Crippen molar-refractivity contribution in [3.05, 3.63) is 17.8 Å². The van der Waals surface area contributed by atoms with Gasteiger partial charge in [0, 0.05) is 7.05 Å². The number of carbonyl (C=O) groups is 1. The quantitative estimate of drug-likeness (QED) is 0.775. The van der Waals surface area contributed by atoms with E-state index in [4.69, 9.17) is 10.5 Å². The molecular formula is C13H21N3O3. The zero-order valence-electron chi connectivity index (χ0n) is 11.8. The van der Waals surface area contributed by atoms with Crippen LogP contribution in [0.2, 0.25) is 0 Å². The van der Waals surface area contributed by atoms with Crippen molar-refractivity contribution in [3.63, 3.8) is 0 Å². The largest absolute Gasteiger partial charge is 0.462 e. The Labute approximate surface area is 113 Å². The number of nitrogens with two attached hydrogens (primary N) is 1. The Morgan fingerprint density at radius 1 is 1.58 bits per heavy atom. The maximum atomic E-state index is 11.8. The van der Waals surface area contributed by atoms with E-state index in [1.54, 1.807) is 24.9 Å². The van der Waals surface area contributed by atoms with Crippen LogP contribution in [0.25, 0.3) is 0 Å². The topological polar surface area (TPSA) is 88.7 Å². The molecule has 6 nitrogen and oxygen atoms in total. The lowest BCUT2D eigenvalue weighted by Crippen LogP contribution is -2.44. The highest BCUT2D eigenvalue weighted by Crippen LogP contribution is 2.23. The second-order valence-electron chi connectivity index (χ2n) is 4.88. The molecule has 1 aromatic heterocycles. The highest BCUT2D eigenvalue weighted by molar-refractivity contribution is 5.95. The second-order valence-corrected chi connectivity index (χ2v) is 4.88. The fourth-order valence-electron chi connectivity index (χ4n) is 1.44. The van der Waals surface area contributed by atoms with Crippen LogP contribution in [0.15, 0.2) is 12.3 Å². The lowest BCUT2D eigenvalue weighted by Gasteiger charge is -2.35. The van der Waals surface area contributed by atoms with Crippen molar-refractivity contribution < 1.29 is 14.6 Å². The van der Waals surface area contributed by atoms with Crippen LogP contribution in [0, 0.1) is 0 Å². The van der Waals surface area contributed by atoms with Crippen LogP contribution < -0.4 is 10.6 Å². The highest BCUT2D eigenvalue weighted by atomic mass is 16.5. The average molecular weight is 267 g/mol. The van der Waals surface area contributed by atoms with Crippen LogP contribution in [0.3, 0.4) is 0 Å². The third-order valence-electron chi connectivity index (χ3n) is 3.05. The lowest BCUT2D eigenvalue weighted by atomic mass is 10.0. The molecule has 1 heterocycles. The van der Waals surface area contributed by atoms with Gasteiger partial charge in [0.05, 0.1) is 36.2 Å².